The summed E-state index contributed by atoms with van der Waals surface area (Å²) in [5.74, 6) is -3.24. The molecule has 0 fully saturated rings. The highest BCUT2D eigenvalue weighted by Crippen LogP contribution is 2.37. The van der Waals surface area contributed by atoms with Crippen molar-refractivity contribution in [3.8, 4) is 28.7 Å². The third-order valence-electron chi connectivity index (χ3n) is 18.7. The minimum absolute atomic E-state index is 0. The maximum Gasteiger partial charge on any atom is 0.381 e. The molecule has 5 N–H and O–H groups in total. The maximum atomic E-state index is 14.3. The number of ketones is 1. The number of H-pyrrole nitrogens is 1. The van der Waals surface area contributed by atoms with Crippen LogP contribution in [-0.4, -0.2) is 101 Å². The maximum absolute atomic E-state index is 14.3. The molecule has 10 aromatic carbocycles. The Bertz CT molecular complexity index is 5840. The third-order valence-corrected chi connectivity index (χ3v) is 19.1. The first-order valence-corrected chi connectivity index (χ1v) is 38.8. The smallest absolute Gasteiger partial charge is 0.381 e. The van der Waals surface area contributed by atoms with Crippen molar-refractivity contribution in [1.82, 2.24) is 23.3 Å². The van der Waals surface area contributed by atoms with Crippen LogP contribution in [0, 0.1) is 34.6 Å². The predicted octanol–water partition coefficient (Wildman–Crippen LogP) is 20.9. The fourth-order valence-corrected chi connectivity index (χ4v) is 13.4. The second kappa shape index (κ2) is 44.4. The quantitative estimate of drug-likeness (QED) is 0.0153. The van der Waals surface area contributed by atoms with Crippen molar-refractivity contribution < 1.29 is 75.8 Å². The molecular formula is C95H97BrClF3N6O13. The van der Waals surface area contributed by atoms with E-state index < -0.39 is 47.4 Å². The van der Waals surface area contributed by atoms with Crippen molar-refractivity contribution in [2.75, 3.05) is 19.8 Å². The Morgan fingerprint density at radius 2 is 0.773 bits per heavy atom. The number of halogens is 5. The van der Waals surface area contributed by atoms with E-state index in [0.717, 1.165) is 74.2 Å². The van der Waals surface area contributed by atoms with Crippen molar-refractivity contribution in [3.63, 3.8) is 0 Å². The lowest BCUT2D eigenvalue weighted by atomic mass is 10.1. The van der Waals surface area contributed by atoms with Gasteiger partial charge in [-0.3, -0.25) is 9.59 Å². The minimum atomic E-state index is -2.38. The Morgan fingerprint density at radius 1 is 0.420 bits per heavy atom. The number of primary amides is 1. The van der Waals surface area contributed by atoms with Crippen molar-refractivity contribution in [3.05, 3.63) is 329 Å². The fourth-order valence-electron chi connectivity index (χ4n) is 13.3. The van der Waals surface area contributed by atoms with Crippen LogP contribution in [0.25, 0.3) is 54.5 Å². The zero-order valence-electron chi connectivity index (χ0n) is 66.5. The molecule has 0 saturated heterocycles. The van der Waals surface area contributed by atoms with Crippen LogP contribution in [0.2, 0.25) is 0 Å². The number of rotatable bonds is 23. The number of phenolic OH excluding ortho intramolecular Hbond substituents is 2. The lowest BCUT2D eigenvalue weighted by molar-refractivity contribution is -0.160. The van der Waals surface area contributed by atoms with E-state index in [-0.39, 0.29) is 56.4 Å². The van der Waals surface area contributed by atoms with Gasteiger partial charge < -0.3 is 67.6 Å². The van der Waals surface area contributed by atoms with Crippen molar-refractivity contribution in [2.45, 2.75) is 113 Å². The summed E-state index contributed by atoms with van der Waals surface area (Å²) >= 11 is 2.40. The summed E-state index contributed by atoms with van der Waals surface area (Å²) in [5, 5.41) is 21.5. The number of aromatic amines is 1. The van der Waals surface area contributed by atoms with Crippen LogP contribution in [0.4, 0.5) is 13.2 Å². The number of phenols is 2. The topological polar surface area (TPSA) is 243 Å². The molecule has 0 saturated carbocycles. The lowest BCUT2D eigenvalue weighted by Gasteiger charge is -2.12. The Balaban J connectivity index is 0.000000184. The number of aryl methyl sites for hydroxylation is 4. The van der Waals surface area contributed by atoms with Crippen LogP contribution < -0.4 is 19.9 Å². The van der Waals surface area contributed by atoms with E-state index in [1.54, 1.807) is 64.1 Å². The molecule has 15 aromatic rings. The zero-order valence-corrected chi connectivity index (χ0v) is 68.9. The number of aromatic nitrogens is 5. The number of benzene rings is 10. The molecule has 5 heterocycles. The molecule has 620 valence electrons. The molecule has 3 atom stereocenters. The molecule has 15 rings (SSSR count). The number of esters is 3. The number of Topliss-reactive ketones (excluding diaryl/α,β-unsaturated/α-hetero) is 1. The highest BCUT2D eigenvalue weighted by molar-refractivity contribution is 9.09. The highest BCUT2D eigenvalue weighted by Gasteiger charge is 2.30. The summed E-state index contributed by atoms with van der Waals surface area (Å²) in [6.07, 6.45) is -4.52. The predicted molar refractivity (Wildman–Crippen MR) is 468 cm³/mol. The number of carbonyl (C=O) groups excluding carboxylic acids is 5. The molecule has 19 nitrogen and oxygen atoms in total. The molecule has 24 heteroatoms. The van der Waals surface area contributed by atoms with Crippen LogP contribution in [0.5, 0.6) is 28.7 Å². The van der Waals surface area contributed by atoms with E-state index >= 15 is 0 Å². The SMILES string of the molecule is C.CCOC(=O)C(F)Br.CCOC(=O)C(F)Oc1cccc2c1c(C(=O)C(N)=O)c(C)n2Cc1ccccc1.CCOC(=O)C(F)Oc1cccc2c1cc(C)n2Cc1ccccc1.Cc1cc2c(O)cccc2[nH]1.Cc1cc2c(O)cccc2n1Cc1ccccc1.Cc1cc2c(OCc3ccccc3)cccc2n1Cc1ccccc1.Cl. The average Bonchev–Trinajstić information content (AvgIpc) is 1.60. The zero-order chi connectivity index (χ0) is 83.7. The molecule has 0 aliphatic heterocycles. The number of nitrogens with zero attached hydrogens (tertiary/aromatic N) is 4. The molecule has 0 radical (unpaired) electrons. The first-order chi connectivity index (χ1) is 56.5. The molecule has 3 unspecified atom stereocenters. The van der Waals surface area contributed by atoms with Crippen LogP contribution in [0.3, 0.4) is 0 Å². The van der Waals surface area contributed by atoms with Gasteiger partial charge in [0.05, 0.1) is 52.8 Å². The van der Waals surface area contributed by atoms with Crippen LogP contribution in [0.1, 0.15) is 94.8 Å². The van der Waals surface area contributed by atoms with Gasteiger partial charge in [0.15, 0.2) is 0 Å². The van der Waals surface area contributed by atoms with E-state index in [4.69, 9.17) is 19.9 Å². The molecule has 1 amide bonds. The number of nitrogens with one attached hydrogen (secondary N) is 1. The van der Waals surface area contributed by atoms with Gasteiger partial charge in [0, 0.05) is 81.7 Å². The van der Waals surface area contributed by atoms with Gasteiger partial charge in [0.25, 0.3) is 16.8 Å². The monoisotopic (exact) mass is 1700 g/mol. The number of hydrogen-bond acceptors (Lipinski definition) is 13. The Morgan fingerprint density at radius 3 is 1.19 bits per heavy atom. The first kappa shape index (κ1) is 91.5. The van der Waals surface area contributed by atoms with Gasteiger partial charge in [-0.15, -0.1) is 12.4 Å². The Kier molecular flexibility index (Phi) is 34.1. The summed E-state index contributed by atoms with van der Waals surface area (Å²) in [4.78, 5) is 60.6. The number of nitrogens with two attached hydrogens (primary N) is 1. The summed E-state index contributed by atoms with van der Waals surface area (Å²) < 4.78 is 78.5. The Hall–Kier alpha value is -13.0. The van der Waals surface area contributed by atoms with Crippen LogP contribution in [-0.2, 0) is 66.2 Å². The number of fused-ring (bicyclic) bond motifs is 5. The number of amides is 1. The van der Waals surface area contributed by atoms with Crippen molar-refractivity contribution >= 4 is 112 Å². The molecule has 0 bridgehead atoms. The second-order valence-corrected chi connectivity index (χ2v) is 27.7. The molecule has 5 aromatic heterocycles. The van der Waals surface area contributed by atoms with Gasteiger partial charge >= 0.3 is 30.6 Å². The third kappa shape index (κ3) is 24.1. The van der Waals surface area contributed by atoms with Crippen LogP contribution in [0.15, 0.2) is 267 Å². The second-order valence-electron chi connectivity index (χ2n) is 26.9. The van der Waals surface area contributed by atoms with Crippen LogP contribution >= 0.6 is 28.3 Å². The summed E-state index contributed by atoms with van der Waals surface area (Å²) in [6, 6.07) is 86.5. The van der Waals surface area contributed by atoms with Gasteiger partial charge in [-0.2, -0.15) is 8.78 Å². The average molecular weight is 1700 g/mol. The number of carbonyl (C=O) groups is 5. The summed E-state index contributed by atoms with van der Waals surface area (Å²) in [5.41, 5.74) is 20.9. The molecule has 0 aliphatic carbocycles. The van der Waals surface area contributed by atoms with E-state index in [1.807, 2.05) is 152 Å². The summed E-state index contributed by atoms with van der Waals surface area (Å²) in [7, 11) is 0. The largest absolute Gasteiger partial charge is 0.507 e. The number of aromatic hydroxyl groups is 2. The van der Waals surface area contributed by atoms with Gasteiger partial charge in [0.2, 0.25) is 0 Å². The van der Waals surface area contributed by atoms with E-state index in [0.29, 0.717) is 48.2 Å². The lowest BCUT2D eigenvalue weighted by Crippen LogP contribution is -2.25. The number of ether oxygens (including phenoxy) is 6. The van der Waals surface area contributed by atoms with E-state index in [2.05, 4.69) is 154 Å². The van der Waals surface area contributed by atoms with Crippen molar-refractivity contribution in [2.24, 2.45) is 5.73 Å². The molecule has 0 aliphatic rings. The normalized spacial score (nSPS) is 11.3. The van der Waals surface area contributed by atoms with Gasteiger partial charge in [0.1, 0.15) is 35.4 Å². The first-order valence-electron chi connectivity index (χ1n) is 37.9. The minimum Gasteiger partial charge on any atom is -0.507 e. The van der Waals surface area contributed by atoms with E-state index in [9.17, 15) is 47.4 Å². The van der Waals surface area contributed by atoms with E-state index in [1.165, 1.54) is 44.9 Å². The van der Waals surface area contributed by atoms with Gasteiger partial charge in [-0.05, 0) is 184 Å². The molecular weight excluding hydrogens is 1610 g/mol. The standard InChI is InChI=1S/C23H21NO.C22H21FN2O5.C20H20FNO3.C16H15NO.C9H9NO.C4H6BrFO2.CH4.ClH/c1-18-15-21-22(24(18)16-19-9-4-2-5-10-19)13-8-14-23(21)25-17-20-11-6-3-7-12-20;1-3-29-22(28)20(23)30-16-11-7-10-15-18(16)17(19(26)21(24)27)13(2)25(15)12-14-8-5-4-6-9-14;1-3-24-20(23)19(21)25-18-11-7-10-17-16(18)12-14(2)22(17)13-15-8-5-4-6-9-15;1-12-10-14-15(8-5-9-16(14)18)17(12)11-13-6-3-2-4-7-13;1-6-5-7-8(10-6)3-2-4-9(7)11;1-2-8-4(7)3(5)6;;/h2-15H,16-17H2,1H3;4-11,20H,3,12H2,1-2H3,(H2,24,27);4-12,19H,3,13H2,1-2H3;2-10,18H,11H2,1H3;2-5,10-11H,1H3;3H,2H2,1H3;1H4;1H. The molecule has 0 spiro atoms. The number of hydrogen-bond donors (Lipinski definition) is 4. The highest BCUT2D eigenvalue weighted by atomic mass is 79.9. The number of alkyl halides is 4. The van der Waals surface area contributed by atoms with Gasteiger partial charge in [-0.25, -0.2) is 18.8 Å². The van der Waals surface area contributed by atoms with Gasteiger partial charge in [-0.1, -0.05) is 189 Å². The molecule has 119 heavy (non-hydrogen) atoms. The fraction of sp³-hybridized carbons (Fsp3) is 0.211. The summed E-state index contributed by atoms with van der Waals surface area (Å²) in [6.45, 7) is 18.4. The Labute approximate surface area is 703 Å². The van der Waals surface area contributed by atoms with Crippen molar-refractivity contribution in [1.29, 1.82) is 0 Å².